The third-order valence-electron chi connectivity index (χ3n) is 4.07. The van der Waals surface area contributed by atoms with E-state index in [4.69, 9.17) is 9.47 Å². The van der Waals surface area contributed by atoms with Crippen molar-refractivity contribution < 1.29 is 14.3 Å². The molecule has 1 aromatic carbocycles. The van der Waals surface area contributed by atoms with Gasteiger partial charge < -0.3 is 9.47 Å². The van der Waals surface area contributed by atoms with Crippen LogP contribution in [0, 0.1) is 0 Å². The maximum atomic E-state index is 12.4. The maximum Gasteiger partial charge on any atom is 0.257 e. The monoisotopic (exact) mass is 439 g/mol. The number of carbonyl (C=O) groups is 1. The minimum Gasteiger partial charge on any atom is -0.496 e. The Bertz CT molecular complexity index is 773. The van der Waals surface area contributed by atoms with Gasteiger partial charge in [-0.15, -0.1) is 11.3 Å². The Balaban J connectivity index is 1.61. The van der Waals surface area contributed by atoms with Crippen LogP contribution in [-0.4, -0.2) is 48.2 Å². The van der Waals surface area contributed by atoms with Crippen LogP contribution >= 0.6 is 27.3 Å². The molecule has 26 heavy (non-hydrogen) atoms. The lowest BCUT2D eigenvalue weighted by Crippen LogP contribution is -2.44. The molecule has 1 aliphatic rings. The summed E-state index contributed by atoms with van der Waals surface area (Å²) in [5, 5.41) is 5.46. The molecule has 6 nitrogen and oxygen atoms in total. The van der Waals surface area contributed by atoms with Crippen molar-refractivity contribution in [3.8, 4) is 5.75 Å². The number of thiazole rings is 1. The lowest BCUT2D eigenvalue weighted by atomic mass is 10.2. The predicted molar refractivity (Wildman–Crippen MR) is 106 cm³/mol. The lowest BCUT2D eigenvalue weighted by Gasteiger charge is -2.34. The molecule has 0 spiro atoms. The highest BCUT2D eigenvalue weighted by atomic mass is 79.9. The Morgan fingerprint density at radius 3 is 2.81 bits per heavy atom. The smallest absolute Gasteiger partial charge is 0.257 e. The second-order valence-electron chi connectivity index (χ2n) is 6.40. The zero-order valence-electron chi connectivity index (χ0n) is 15.0. The Labute approximate surface area is 165 Å². The maximum absolute atomic E-state index is 12.4. The van der Waals surface area contributed by atoms with E-state index in [-0.39, 0.29) is 18.1 Å². The minimum atomic E-state index is -0.192. The third-order valence-corrected chi connectivity index (χ3v) is 5.49. The Hall–Kier alpha value is -1.48. The summed E-state index contributed by atoms with van der Waals surface area (Å²) in [5.41, 5.74) is 1.51. The van der Waals surface area contributed by atoms with Gasteiger partial charge in [-0.2, -0.15) is 0 Å². The van der Waals surface area contributed by atoms with E-state index < -0.39 is 0 Å². The van der Waals surface area contributed by atoms with E-state index in [0.29, 0.717) is 16.4 Å². The molecule has 1 amide bonds. The van der Waals surface area contributed by atoms with Crippen molar-refractivity contribution in [3.63, 3.8) is 0 Å². The summed E-state index contributed by atoms with van der Waals surface area (Å²) < 4.78 is 11.7. The number of halogens is 1. The van der Waals surface area contributed by atoms with E-state index in [1.165, 1.54) is 11.3 Å². The summed E-state index contributed by atoms with van der Waals surface area (Å²) in [6, 6.07) is 5.22. The molecular formula is C18H22BrN3O3S. The molecule has 1 aliphatic heterocycles. The number of hydrogen-bond donors (Lipinski definition) is 1. The average molecular weight is 440 g/mol. The van der Waals surface area contributed by atoms with Crippen LogP contribution < -0.4 is 10.1 Å². The molecule has 2 aromatic rings. The number of anilines is 1. The van der Waals surface area contributed by atoms with Crippen molar-refractivity contribution in [2.75, 3.05) is 25.5 Å². The summed E-state index contributed by atoms with van der Waals surface area (Å²) >= 11 is 4.83. The van der Waals surface area contributed by atoms with Crippen LogP contribution in [0.1, 0.15) is 29.9 Å². The third kappa shape index (κ3) is 4.82. The molecule has 1 N–H and O–H groups in total. The fourth-order valence-corrected chi connectivity index (χ4v) is 4.29. The van der Waals surface area contributed by atoms with E-state index in [9.17, 15) is 4.79 Å². The largest absolute Gasteiger partial charge is 0.496 e. The highest BCUT2D eigenvalue weighted by Gasteiger charge is 2.23. The highest BCUT2D eigenvalue weighted by Crippen LogP contribution is 2.26. The molecule has 2 atom stereocenters. The summed E-state index contributed by atoms with van der Waals surface area (Å²) in [6.45, 7) is 6.72. The number of ether oxygens (including phenoxy) is 2. The van der Waals surface area contributed by atoms with Gasteiger partial charge in [0.05, 0.1) is 29.5 Å². The van der Waals surface area contributed by atoms with Crippen LogP contribution in [0.5, 0.6) is 5.75 Å². The normalized spacial score (nSPS) is 20.8. The van der Waals surface area contributed by atoms with E-state index in [0.717, 1.165) is 29.8 Å². The van der Waals surface area contributed by atoms with Gasteiger partial charge in [-0.3, -0.25) is 15.0 Å². The molecule has 2 heterocycles. The fraction of sp³-hybridized carbons (Fsp3) is 0.444. The van der Waals surface area contributed by atoms with Gasteiger partial charge in [-0.05, 0) is 48.0 Å². The van der Waals surface area contributed by atoms with Crippen LogP contribution in [0.3, 0.4) is 0 Å². The molecular weight excluding hydrogens is 418 g/mol. The second-order valence-corrected chi connectivity index (χ2v) is 8.11. The number of hydrogen-bond acceptors (Lipinski definition) is 6. The van der Waals surface area contributed by atoms with E-state index in [1.54, 1.807) is 25.3 Å². The zero-order chi connectivity index (χ0) is 18.7. The van der Waals surface area contributed by atoms with Gasteiger partial charge in [-0.1, -0.05) is 0 Å². The topological polar surface area (TPSA) is 63.7 Å². The first-order chi connectivity index (χ1) is 12.4. The van der Waals surface area contributed by atoms with Gasteiger partial charge in [0.1, 0.15) is 5.75 Å². The van der Waals surface area contributed by atoms with Crippen LogP contribution in [-0.2, 0) is 11.3 Å². The zero-order valence-corrected chi connectivity index (χ0v) is 17.4. The molecule has 0 aliphatic carbocycles. The minimum absolute atomic E-state index is 0.192. The summed E-state index contributed by atoms with van der Waals surface area (Å²) in [7, 11) is 1.59. The molecule has 0 unspecified atom stereocenters. The number of rotatable bonds is 5. The van der Waals surface area contributed by atoms with Crippen molar-refractivity contribution in [1.82, 2.24) is 9.88 Å². The van der Waals surface area contributed by atoms with Crippen LogP contribution in [0.2, 0.25) is 0 Å². The number of morpholine rings is 1. The Morgan fingerprint density at radius 2 is 2.15 bits per heavy atom. The van der Waals surface area contributed by atoms with E-state index >= 15 is 0 Å². The van der Waals surface area contributed by atoms with Gasteiger partial charge in [0.2, 0.25) is 0 Å². The van der Waals surface area contributed by atoms with Crippen molar-refractivity contribution in [2.45, 2.75) is 32.6 Å². The molecule has 3 rings (SSSR count). The van der Waals surface area contributed by atoms with Crippen molar-refractivity contribution >= 4 is 38.3 Å². The molecule has 8 heteroatoms. The van der Waals surface area contributed by atoms with Crippen molar-refractivity contribution in [3.05, 3.63) is 39.3 Å². The number of benzene rings is 1. The molecule has 0 bridgehead atoms. The Morgan fingerprint density at radius 1 is 1.42 bits per heavy atom. The van der Waals surface area contributed by atoms with Crippen molar-refractivity contribution in [1.29, 1.82) is 0 Å². The summed E-state index contributed by atoms with van der Waals surface area (Å²) in [5.74, 6) is 0.495. The number of nitrogens with one attached hydrogen (secondary N) is 1. The van der Waals surface area contributed by atoms with Gasteiger partial charge in [0.15, 0.2) is 5.13 Å². The van der Waals surface area contributed by atoms with Gasteiger partial charge >= 0.3 is 0 Å². The number of carbonyl (C=O) groups excluding carboxylic acids is 1. The quantitative estimate of drug-likeness (QED) is 0.767. The molecule has 0 radical (unpaired) electrons. The number of nitrogens with zero attached hydrogens (tertiary/aromatic N) is 2. The first-order valence-electron chi connectivity index (χ1n) is 8.41. The second kappa shape index (κ2) is 8.47. The van der Waals surface area contributed by atoms with E-state index in [2.05, 4.69) is 45.0 Å². The molecule has 1 aromatic heterocycles. The van der Waals surface area contributed by atoms with Crippen LogP contribution in [0.25, 0.3) is 0 Å². The fourth-order valence-electron chi connectivity index (χ4n) is 3.06. The first kappa shape index (κ1) is 19.3. The van der Waals surface area contributed by atoms with Gasteiger partial charge in [0.25, 0.3) is 5.91 Å². The van der Waals surface area contributed by atoms with Crippen molar-refractivity contribution in [2.24, 2.45) is 0 Å². The SMILES string of the molecule is COc1ccc(C(=O)Nc2nc(CN3C[C@@H](C)O[C@H](C)C3)cs2)cc1Br. The molecule has 1 fully saturated rings. The number of methoxy groups -OCH3 is 1. The standard InChI is InChI=1S/C18H22BrN3O3S/c1-11-7-22(8-12(2)25-11)9-14-10-26-18(20-14)21-17(23)13-4-5-16(24-3)15(19)6-13/h4-6,10-12H,7-9H2,1-3H3,(H,20,21,23)/t11-,12-/m1/s1. The lowest BCUT2D eigenvalue weighted by molar-refractivity contribution is -0.0707. The molecule has 1 saturated heterocycles. The predicted octanol–water partition coefficient (Wildman–Crippen LogP) is 3.78. The van der Waals surface area contributed by atoms with Gasteiger partial charge in [0, 0.05) is 30.6 Å². The summed E-state index contributed by atoms with van der Waals surface area (Å²) in [4.78, 5) is 19.3. The van der Waals surface area contributed by atoms with E-state index in [1.807, 2.05) is 5.38 Å². The summed E-state index contributed by atoms with van der Waals surface area (Å²) in [6.07, 6.45) is 0.454. The number of aromatic nitrogens is 1. The molecule has 140 valence electrons. The van der Waals surface area contributed by atoms with Crippen LogP contribution in [0.15, 0.2) is 28.1 Å². The number of amides is 1. The van der Waals surface area contributed by atoms with Crippen LogP contribution in [0.4, 0.5) is 5.13 Å². The Kier molecular flexibility index (Phi) is 6.29. The highest BCUT2D eigenvalue weighted by molar-refractivity contribution is 9.10. The molecule has 0 saturated carbocycles. The van der Waals surface area contributed by atoms with Gasteiger partial charge in [-0.25, -0.2) is 4.98 Å². The average Bonchev–Trinajstić information content (AvgIpc) is 3.00. The first-order valence-corrected chi connectivity index (χ1v) is 10.1.